The Bertz CT molecular complexity index is 1500. The van der Waals surface area contributed by atoms with E-state index in [1.54, 1.807) is 12.3 Å². The summed E-state index contributed by atoms with van der Waals surface area (Å²) in [7, 11) is 5.88. The van der Waals surface area contributed by atoms with Crippen LogP contribution in [0.1, 0.15) is 12.8 Å². The van der Waals surface area contributed by atoms with E-state index in [9.17, 15) is 18.9 Å². The van der Waals surface area contributed by atoms with Gasteiger partial charge >= 0.3 is 6.61 Å². The van der Waals surface area contributed by atoms with Gasteiger partial charge in [0.2, 0.25) is 5.95 Å². The molecular weight excluding hydrogens is 510 g/mol. The van der Waals surface area contributed by atoms with Crippen molar-refractivity contribution in [2.75, 3.05) is 37.4 Å². The SMILES string of the molecule is CN(C)C1CCN(c2cc(OC(F)F)c(Nc3nccc(-c4cn(C)c5cccnc45)n3)cc2[N+](=O)[O-])CC1. The molecule has 0 radical (unpaired) electrons. The fourth-order valence-electron chi connectivity index (χ4n) is 4.96. The third-order valence-corrected chi connectivity index (χ3v) is 6.95. The summed E-state index contributed by atoms with van der Waals surface area (Å²) in [5, 5.41) is 14.9. The highest BCUT2D eigenvalue weighted by atomic mass is 19.3. The molecular formula is C26H28F2N8O3. The predicted octanol–water partition coefficient (Wildman–Crippen LogP) is 4.81. The topological polar surface area (TPSA) is 114 Å². The first-order valence-electron chi connectivity index (χ1n) is 12.4. The summed E-state index contributed by atoms with van der Waals surface area (Å²) in [6, 6.07) is 8.31. The maximum atomic E-state index is 13.4. The number of aryl methyl sites for hydroxylation is 1. The van der Waals surface area contributed by atoms with E-state index < -0.39 is 11.5 Å². The third kappa shape index (κ3) is 5.43. The monoisotopic (exact) mass is 538 g/mol. The molecule has 0 aliphatic carbocycles. The van der Waals surface area contributed by atoms with Crippen LogP contribution in [0.2, 0.25) is 0 Å². The number of hydrogen-bond donors (Lipinski definition) is 1. The smallest absolute Gasteiger partial charge is 0.387 e. The molecule has 5 rings (SSSR count). The van der Waals surface area contributed by atoms with Gasteiger partial charge in [-0.15, -0.1) is 0 Å². The van der Waals surface area contributed by atoms with Crippen LogP contribution in [0.5, 0.6) is 5.75 Å². The molecule has 0 amide bonds. The van der Waals surface area contributed by atoms with Crippen LogP contribution in [-0.2, 0) is 7.05 Å². The number of hydrogen-bond acceptors (Lipinski definition) is 9. The number of fused-ring (bicyclic) bond motifs is 1. The highest BCUT2D eigenvalue weighted by Crippen LogP contribution is 2.41. The zero-order chi connectivity index (χ0) is 27.7. The molecule has 4 heterocycles. The van der Waals surface area contributed by atoms with Crippen LogP contribution in [0.3, 0.4) is 0 Å². The van der Waals surface area contributed by atoms with Gasteiger partial charge in [0.1, 0.15) is 5.69 Å². The summed E-state index contributed by atoms with van der Waals surface area (Å²) < 4.78 is 33.5. The Hall–Kier alpha value is -4.39. The lowest BCUT2D eigenvalue weighted by atomic mass is 10.0. The summed E-state index contributed by atoms with van der Waals surface area (Å²) in [5.41, 5.74) is 2.92. The number of anilines is 3. The minimum absolute atomic E-state index is 0.0397. The van der Waals surface area contributed by atoms with Crippen LogP contribution >= 0.6 is 0 Å². The summed E-state index contributed by atoms with van der Waals surface area (Å²) in [4.78, 5) is 28.7. The number of halogens is 2. The summed E-state index contributed by atoms with van der Waals surface area (Å²) in [5.74, 6) is -0.172. The molecule has 0 spiro atoms. The molecule has 39 heavy (non-hydrogen) atoms. The van der Waals surface area contributed by atoms with Gasteiger partial charge in [-0.3, -0.25) is 15.1 Å². The highest BCUT2D eigenvalue weighted by Gasteiger charge is 2.29. The fraction of sp³-hybridized carbons (Fsp3) is 0.346. The van der Waals surface area contributed by atoms with Crippen LogP contribution in [0.15, 0.2) is 48.9 Å². The Balaban J connectivity index is 1.50. The van der Waals surface area contributed by atoms with Gasteiger partial charge in [0.25, 0.3) is 5.69 Å². The van der Waals surface area contributed by atoms with E-state index in [1.165, 1.54) is 18.3 Å². The Morgan fingerprint density at radius 2 is 1.95 bits per heavy atom. The molecule has 3 aromatic heterocycles. The van der Waals surface area contributed by atoms with Gasteiger partial charge in [0.15, 0.2) is 5.75 Å². The van der Waals surface area contributed by atoms with Crippen molar-refractivity contribution in [2.24, 2.45) is 7.05 Å². The molecule has 4 aromatic rings. The van der Waals surface area contributed by atoms with Crippen LogP contribution < -0.4 is 15.0 Å². The number of ether oxygens (including phenoxy) is 1. The number of piperidine rings is 1. The molecule has 1 aliphatic rings. The Labute approximate surface area is 223 Å². The van der Waals surface area contributed by atoms with Crippen LogP contribution in [0.25, 0.3) is 22.3 Å². The number of nitro benzene ring substituents is 1. The lowest BCUT2D eigenvalue weighted by Gasteiger charge is -2.36. The van der Waals surface area contributed by atoms with E-state index in [-0.39, 0.29) is 28.8 Å². The van der Waals surface area contributed by atoms with Crippen molar-refractivity contribution in [3.63, 3.8) is 0 Å². The standard InChI is InChI=1S/C26H28F2N8O3/c1-33(2)16-7-11-35(12-8-16)21-14-23(39-25(27)28)19(13-22(21)36(37)38)32-26-30-10-6-18(31-26)17-15-34(3)20-5-4-9-29-24(17)20/h4-6,9-10,13-16,25H,7-8,11-12H2,1-3H3,(H,30,31,32). The molecule has 1 fully saturated rings. The van der Waals surface area contributed by atoms with Crippen molar-refractivity contribution in [1.29, 1.82) is 0 Å². The number of nitro groups is 1. The molecule has 11 nitrogen and oxygen atoms in total. The van der Waals surface area contributed by atoms with Crippen LogP contribution in [-0.4, -0.2) is 69.2 Å². The average Bonchev–Trinajstić information content (AvgIpc) is 3.26. The van der Waals surface area contributed by atoms with Crippen molar-refractivity contribution in [1.82, 2.24) is 24.4 Å². The van der Waals surface area contributed by atoms with Gasteiger partial charge in [-0.1, -0.05) is 0 Å². The first-order valence-corrected chi connectivity index (χ1v) is 12.4. The first kappa shape index (κ1) is 26.2. The first-order chi connectivity index (χ1) is 18.7. The Morgan fingerprint density at radius 1 is 1.18 bits per heavy atom. The molecule has 204 valence electrons. The molecule has 1 aromatic carbocycles. The molecule has 1 aliphatic heterocycles. The normalized spacial score (nSPS) is 14.4. The van der Waals surface area contributed by atoms with Crippen molar-refractivity contribution in [2.45, 2.75) is 25.5 Å². The second-order valence-electron chi connectivity index (χ2n) is 9.57. The zero-order valence-electron chi connectivity index (χ0n) is 21.7. The summed E-state index contributed by atoms with van der Waals surface area (Å²) in [6.07, 6.45) is 6.66. The quantitative estimate of drug-likeness (QED) is 0.249. The summed E-state index contributed by atoms with van der Waals surface area (Å²) >= 11 is 0. The molecule has 13 heteroatoms. The van der Waals surface area contributed by atoms with E-state index >= 15 is 0 Å². The minimum atomic E-state index is -3.13. The lowest BCUT2D eigenvalue weighted by Crippen LogP contribution is -2.42. The van der Waals surface area contributed by atoms with Crippen molar-refractivity contribution >= 4 is 34.0 Å². The second-order valence-corrected chi connectivity index (χ2v) is 9.57. The lowest BCUT2D eigenvalue weighted by molar-refractivity contribution is -0.384. The molecule has 0 atom stereocenters. The number of alkyl halides is 2. The van der Waals surface area contributed by atoms with Crippen molar-refractivity contribution in [3.8, 4) is 17.0 Å². The largest absolute Gasteiger partial charge is 0.433 e. The second kappa shape index (κ2) is 10.8. The van der Waals surface area contributed by atoms with Crippen LogP contribution in [0.4, 0.5) is 31.8 Å². The van der Waals surface area contributed by atoms with Crippen molar-refractivity contribution in [3.05, 3.63) is 59.0 Å². The molecule has 1 saturated heterocycles. The van der Waals surface area contributed by atoms with E-state index in [1.807, 2.05) is 48.9 Å². The minimum Gasteiger partial charge on any atom is -0.433 e. The molecule has 0 bridgehead atoms. The number of benzene rings is 1. The zero-order valence-corrected chi connectivity index (χ0v) is 21.7. The number of nitrogens with zero attached hydrogens (tertiary/aromatic N) is 7. The van der Waals surface area contributed by atoms with Gasteiger partial charge in [-0.25, -0.2) is 9.97 Å². The number of rotatable bonds is 8. The van der Waals surface area contributed by atoms with Crippen molar-refractivity contribution < 1.29 is 18.4 Å². The molecule has 0 unspecified atom stereocenters. The van der Waals surface area contributed by atoms with Gasteiger partial charge in [-0.2, -0.15) is 8.78 Å². The predicted molar refractivity (Wildman–Crippen MR) is 144 cm³/mol. The number of aromatic nitrogens is 4. The average molecular weight is 539 g/mol. The maximum absolute atomic E-state index is 13.4. The molecule has 1 N–H and O–H groups in total. The summed E-state index contributed by atoms with van der Waals surface area (Å²) in [6.45, 7) is -2.03. The van der Waals surface area contributed by atoms with Gasteiger partial charge in [-0.05, 0) is 45.1 Å². The van der Waals surface area contributed by atoms with Gasteiger partial charge in [0, 0.05) is 62.5 Å². The maximum Gasteiger partial charge on any atom is 0.387 e. The van der Waals surface area contributed by atoms with Crippen LogP contribution in [0, 0.1) is 10.1 Å². The van der Waals surface area contributed by atoms with E-state index in [2.05, 4.69) is 25.2 Å². The molecule has 0 saturated carbocycles. The third-order valence-electron chi connectivity index (χ3n) is 6.95. The fourth-order valence-corrected chi connectivity index (χ4v) is 4.96. The van der Waals surface area contributed by atoms with E-state index in [0.717, 1.165) is 29.4 Å². The van der Waals surface area contributed by atoms with Gasteiger partial charge in [0.05, 0.1) is 27.3 Å². The van der Waals surface area contributed by atoms with E-state index in [4.69, 9.17) is 4.74 Å². The Kier molecular flexibility index (Phi) is 7.24. The highest BCUT2D eigenvalue weighted by molar-refractivity contribution is 5.92. The Morgan fingerprint density at radius 3 is 2.64 bits per heavy atom. The van der Waals surface area contributed by atoms with Gasteiger partial charge < -0.3 is 24.4 Å². The number of pyridine rings is 1. The van der Waals surface area contributed by atoms with E-state index in [0.29, 0.717) is 24.8 Å². The number of nitrogens with one attached hydrogen (secondary N) is 1.